The summed E-state index contributed by atoms with van der Waals surface area (Å²) in [6, 6.07) is 4.18. The first kappa shape index (κ1) is 17.6. The van der Waals surface area contributed by atoms with Crippen molar-refractivity contribution in [1.29, 1.82) is 0 Å². The Morgan fingerprint density at radius 2 is 2.00 bits per heavy atom. The molecule has 0 aliphatic carbocycles. The highest BCUT2D eigenvalue weighted by Gasteiger charge is 2.34. The number of nitrogens with one attached hydrogen (secondary N) is 1. The minimum atomic E-state index is -4.44. The zero-order chi connectivity index (χ0) is 17.1. The average Bonchev–Trinajstić information content (AvgIpc) is 2.54. The van der Waals surface area contributed by atoms with E-state index in [-0.39, 0.29) is 17.7 Å². The first-order valence-corrected chi connectivity index (χ1v) is 7.64. The number of carbonyl (C=O) groups is 1. The zero-order valence-electron chi connectivity index (χ0n) is 13.0. The SMILES string of the molecule is CCC1(CO)CCN(C(=O)Nc2cccc(C(F)(F)F)c2)CC1. The molecule has 0 radical (unpaired) electrons. The average molecular weight is 330 g/mol. The fourth-order valence-corrected chi connectivity index (χ4v) is 2.78. The summed E-state index contributed by atoms with van der Waals surface area (Å²) in [5.74, 6) is 0. The summed E-state index contributed by atoms with van der Waals surface area (Å²) >= 11 is 0. The third-order valence-corrected chi connectivity index (χ3v) is 4.64. The van der Waals surface area contributed by atoms with E-state index < -0.39 is 17.8 Å². The zero-order valence-corrected chi connectivity index (χ0v) is 13.0. The van der Waals surface area contributed by atoms with Gasteiger partial charge in [0.05, 0.1) is 5.56 Å². The highest BCUT2D eigenvalue weighted by molar-refractivity contribution is 5.89. The lowest BCUT2D eigenvalue weighted by molar-refractivity contribution is -0.137. The minimum absolute atomic E-state index is 0.0899. The molecular formula is C16H21F3N2O2. The topological polar surface area (TPSA) is 52.6 Å². The highest BCUT2D eigenvalue weighted by Crippen LogP contribution is 2.34. The van der Waals surface area contributed by atoms with Crippen molar-refractivity contribution < 1.29 is 23.1 Å². The second kappa shape index (κ2) is 6.78. The summed E-state index contributed by atoms with van der Waals surface area (Å²) in [7, 11) is 0. The number of alkyl halides is 3. The van der Waals surface area contributed by atoms with Gasteiger partial charge < -0.3 is 15.3 Å². The lowest BCUT2D eigenvalue weighted by atomic mass is 9.77. The van der Waals surface area contributed by atoms with Crippen LogP contribution in [0.4, 0.5) is 23.7 Å². The van der Waals surface area contributed by atoms with Crippen molar-refractivity contribution in [3.05, 3.63) is 29.8 Å². The number of anilines is 1. The van der Waals surface area contributed by atoms with E-state index in [4.69, 9.17) is 0 Å². The monoisotopic (exact) mass is 330 g/mol. The fraction of sp³-hybridized carbons (Fsp3) is 0.562. The van der Waals surface area contributed by atoms with Gasteiger partial charge in [-0.3, -0.25) is 0 Å². The molecule has 2 amide bonds. The Morgan fingerprint density at radius 3 is 2.52 bits per heavy atom. The standard InChI is InChI=1S/C16H21F3N2O2/c1-2-15(11-22)6-8-21(9-7-15)14(23)20-13-5-3-4-12(10-13)16(17,18)19/h3-5,10,22H,2,6-9,11H2,1H3,(H,20,23). The number of likely N-dealkylation sites (tertiary alicyclic amines) is 1. The molecule has 1 aromatic carbocycles. The Bertz CT molecular complexity index is 547. The Hall–Kier alpha value is -1.76. The molecule has 0 saturated carbocycles. The molecule has 0 atom stereocenters. The van der Waals surface area contributed by atoms with Crippen LogP contribution in [-0.4, -0.2) is 35.7 Å². The van der Waals surface area contributed by atoms with Gasteiger partial charge in [0.2, 0.25) is 0 Å². The molecule has 0 bridgehead atoms. The Balaban J connectivity index is 1.98. The van der Waals surface area contributed by atoms with Crippen LogP contribution in [0.1, 0.15) is 31.7 Å². The maximum atomic E-state index is 12.7. The van der Waals surface area contributed by atoms with E-state index in [2.05, 4.69) is 5.32 Å². The number of amides is 2. The third-order valence-electron chi connectivity index (χ3n) is 4.64. The number of hydrogen-bond acceptors (Lipinski definition) is 2. The third kappa shape index (κ3) is 4.16. The molecule has 23 heavy (non-hydrogen) atoms. The summed E-state index contributed by atoms with van der Waals surface area (Å²) < 4.78 is 38.0. The van der Waals surface area contributed by atoms with Crippen LogP contribution in [0.15, 0.2) is 24.3 Å². The van der Waals surface area contributed by atoms with Gasteiger partial charge in [-0.25, -0.2) is 4.79 Å². The molecule has 1 aromatic rings. The largest absolute Gasteiger partial charge is 0.416 e. The molecular weight excluding hydrogens is 309 g/mol. The summed E-state index contributed by atoms with van der Waals surface area (Å²) in [4.78, 5) is 13.8. The van der Waals surface area contributed by atoms with E-state index in [9.17, 15) is 23.1 Å². The number of piperidine rings is 1. The van der Waals surface area contributed by atoms with Crippen LogP contribution in [0, 0.1) is 5.41 Å². The van der Waals surface area contributed by atoms with E-state index in [0.29, 0.717) is 25.9 Å². The van der Waals surface area contributed by atoms with Gasteiger partial charge in [0.25, 0.3) is 0 Å². The summed E-state index contributed by atoms with van der Waals surface area (Å²) in [6.07, 6.45) is -2.22. The van der Waals surface area contributed by atoms with Gasteiger partial charge in [0.15, 0.2) is 0 Å². The second-order valence-electron chi connectivity index (χ2n) is 6.01. The van der Waals surface area contributed by atoms with Crippen molar-refractivity contribution in [3.63, 3.8) is 0 Å². The van der Waals surface area contributed by atoms with Crippen molar-refractivity contribution >= 4 is 11.7 Å². The van der Waals surface area contributed by atoms with E-state index in [1.165, 1.54) is 12.1 Å². The van der Waals surface area contributed by atoms with Crippen LogP contribution in [0.25, 0.3) is 0 Å². The maximum absolute atomic E-state index is 12.7. The highest BCUT2D eigenvalue weighted by atomic mass is 19.4. The van der Waals surface area contributed by atoms with Gasteiger partial charge in [-0.2, -0.15) is 13.2 Å². The number of aliphatic hydroxyl groups excluding tert-OH is 1. The van der Waals surface area contributed by atoms with Crippen molar-refractivity contribution in [2.45, 2.75) is 32.4 Å². The van der Waals surface area contributed by atoms with Gasteiger partial charge in [-0.05, 0) is 42.9 Å². The summed E-state index contributed by atoms with van der Waals surface area (Å²) in [5.41, 5.74) is -0.814. The lowest BCUT2D eigenvalue weighted by Gasteiger charge is -2.40. The first-order valence-electron chi connectivity index (χ1n) is 7.64. The maximum Gasteiger partial charge on any atom is 0.416 e. The van der Waals surface area contributed by atoms with Gasteiger partial charge >= 0.3 is 12.2 Å². The van der Waals surface area contributed by atoms with E-state index in [0.717, 1.165) is 18.6 Å². The number of aliphatic hydroxyl groups is 1. The van der Waals surface area contributed by atoms with Crippen LogP contribution in [0.2, 0.25) is 0 Å². The molecule has 4 nitrogen and oxygen atoms in total. The summed E-state index contributed by atoms with van der Waals surface area (Å²) in [6.45, 7) is 3.07. The van der Waals surface area contributed by atoms with Gasteiger partial charge in [-0.15, -0.1) is 0 Å². The molecule has 2 rings (SSSR count). The molecule has 1 aliphatic heterocycles. The predicted octanol–water partition coefficient (Wildman–Crippen LogP) is 3.72. The van der Waals surface area contributed by atoms with E-state index in [1.807, 2.05) is 6.92 Å². The molecule has 1 fully saturated rings. The minimum Gasteiger partial charge on any atom is -0.396 e. The number of rotatable bonds is 3. The molecule has 1 heterocycles. The number of nitrogens with zero attached hydrogens (tertiary/aromatic N) is 1. The molecule has 2 N–H and O–H groups in total. The van der Waals surface area contributed by atoms with E-state index >= 15 is 0 Å². The molecule has 0 spiro atoms. The van der Waals surface area contributed by atoms with Crippen LogP contribution in [0.3, 0.4) is 0 Å². The van der Waals surface area contributed by atoms with Crippen LogP contribution < -0.4 is 5.32 Å². The normalized spacial score (nSPS) is 17.9. The predicted molar refractivity (Wildman–Crippen MR) is 81.1 cm³/mol. The van der Waals surface area contributed by atoms with Gasteiger partial charge in [-0.1, -0.05) is 13.0 Å². The molecule has 1 aliphatic rings. The number of halogens is 3. The van der Waals surface area contributed by atoms with Gasteiger partial charge in [0.1, 0.15) is 0 Å². The first-order chi connectivity index (χ1) is 10.8. The van der Waals surface area contributed by atoms with Crippen LogP contribution >= 0.6 is 0 Å². The van der Waals surface area contributed by atoms with Crippen molar-refractivity contribution in [2.75, 3.05) is 25.0 Å². The van der Waals surface area contributed by atoms with Crippen molar-refractivity contribution in [1.82, 2.24) is 4.90 Å². The Morgan fingerprint density at radius 1 is 1.35 bits per heavy atom. The number of hydrogen-bond donors (Lipinski definition) is 2. The quantitative estimate of drug-likeness (QED) is 0.887. The summed E-state index contributed by atoms with van der Waals surface area (Å²) in [5, 5.41) is 12.0. The number of urea groups is 1. The lowest BCUT2D eigenvalue weighted by Crippen LogP contribution is -2.46. The van der Waals surface area contributed by atoms with Crippen LogP contribution in [0.5, 0.6) is 0 Å². The Labute approximate surface area is 133 Å². The van der Waals surface area contributed by atoms with Crippen LogP contribution in [-0.2, 0) is 6.18 Å². The molecule has 128 valence electrons. The van der Waals surface area contributed by atoms with Gasteiger partial charge in [0, 0.05) is 25.4 Å². The number of carbonyl (C=O) groups excluding carboxylic acids is 1. The second-order valence-corrected chi connectivity index (χ2v) is 6.01. The molecule has 0 unspecified atom stereocenters. The number of benzene rings is 1. The molecule has 7 heteroatoms. The molecule has 0 aromatic heterocycles. The van der Waals surface area contributed by atoms with E-state index in [1.54, 1.807) is 4.90 Å². The molecule has 1 saturated heterocycles. The van der Waals surface area contributed by atoms with Crippen molar-refractivity contribution in [2.24, 2.45) is 5.41 Å². The fourth-order valence-electron chi connectivity index (χ4n) is 2.78. The Kier molecular flexibility index (Phi) is 5.19. The smallest absolute Gasteiger partial charge is 0.396 e. The van der Waals surface area contributed by atoms with Crippen molar-refractivity contribution in [3.8, 4) is 0 Å².